The Labute approximate surface area is 111 Å². The van der Waals surface area contributed by atoms with E-state index >= 15 is 0 Å². The molecule has 1 aliphatic rings. The Hall–Kier alpha value is -1.18. The van der Waals surface area contributed by atoms with Crippen LogP contribution in [-0.4, -0.2) is 32.7 Å². The number of carboxylic acid groups (broad SMARTS) is 1. The summed E-state index contributed by atoms with van der Waals surface area (Å²) >= 11 is 0. The fraction of sp³-hybridized carbons (Fsp3) is 0.364. The van der Waals surface area contributed by atoms with Crippen molar-refractivity contribution in [1.82, 2.24) is 0 Å². The summed E-state index contributed by atoms with van der Waals surface area (Å²) in [6.07, 6.45) is 0. The normalized spacial score (nSPS) is 14.0. The Morgan fingerprint density at radius 1 is 1.41 bits per heavy atom. The second-order valence-corrected chi connectivity index (χ2v) is 3.85. The Bertz CT molecular complexity index is 428. The number of benzene rings is 1. The van der Waals surface area contributed by atoms with Crippen molar-refractivity contribution in [2.24, 2.45) is 0 Å². The summed E-state index contributed by atoms with van der Waals surface area (Å²) in [4.78, 5) is 14.2. The van der Waals surface area contributed by atoms with Crippen LogP contribution < -0.4 is 33.8 Å². The van der Waals surface area contributed by atoms with Crippen LogP contribution >= 0.6 is 0 Å². The summed E-state index contributed by atoms with van der Waals surface area (Å²) in [5, 5.41) is 10.6. The average Bonchev–Trinajstić information content (AvgIpc) is 2.22. The first-order chi connectivity index (χ1) is 7.58. The number of anilines is 2. The van der Waals surface area contributed by atoms with Gasteiger partial charge in [0, 0.05) is 20.1 Å². The maximum atomic E-state index is 13.1. The first-order valence-corrected chi connectivity index (χ1v) is 5.03. The van der Waals surface area contributed by atoms with Crippen LogP contribution in [0.25, 0.3) is 0 Å². The van der Waals surface area contributed by atoms with Gasteiger partial charge in [0.2, 0.25) is 0 Å². The van der Waals surface area contributed by atoms with E-state index in [2.05, 4.69) is 0 Å². The number of rotatable bonds is 2. The van der Waals surface area contributed by atoms with Gasteiger partial charge < -0.3 is 19.7 Å². The predicted molar refractivity (Wildman–Crippen MR) is 56.9 cm³/mol. The quantitative estimate of drug-likeness (QED) is 0.503. The van der Waals surface area contributed by atoms with Crippen molar-refractivity contribution in [2.45, 2.75) is 0 Å². The standard InChI is InChI=1S/C11H13FN2O2.Li/c1-13-4-5-14(7-11(15)16)9-3-2-8(12)6-10(9)13;/h2-3,6H,4-5,7H2,1H3,(H,15,16);/q;+1/p-1. The maximum Gasteiger partial charge on any atom is 1.00 e. The zero-order valence-corrected chi connectivity index (χ0v) is 9.94. The molecule has 0 saturated heterocycles. The van der Waals surface area contributed by atoms with Gasteiger partial charge in [0.05, 0.1) is 23.9 Å². The predicted octanol–water partition coefficient (Wildman–Crippen LogP) is -3.16. The van der Waals surface area contributed by atoms with Crippen LogP contribution in [0, 0.1) is 5.82 Å². The van der Waals surface area contributed by atoms with Crippen molar-refractivity contribution < 1.29 is 33.2 Å². The number of carboxylic acids is 1. The monoisotopic (exact) mass is 230 g/mol. The Balaban J connectivity index is 0.00000144. The molecule has 6 heteroatoms. The van der Waals surface area contributed by atoms with E-state index in [0.29, 0.717) is 18.8 Å². The van der Waals surface area contributed by atoms with E-state index in [9.17, 15) is 14.3 Å². The smallest absolute Gasteiger partial charge is 0.548 e. The minimum absolute atomic E-state index is 0. The van der Waals surface area contributed by atoms with Crippen molar-refractivity contribution in [3.8, 4) is 0 Å². The van der Waals surface area contributed by atoms with E-state index in [-0.39, 0.29) is 31.2 Å². The van der Waals surface area contributed by atoms with Gasteiger partial charge in [-0.1, -0.05) is 0 Å². The number of likely N-dealkylation sites (N-methyl/N-ethyl adjacent to an activating group) is 1. The molecule has 4 nitrogen and oxygen atoms in total. The molecule has 2 rings (SSSR count). The molecule has 0 N–H and O–H groups in total. The minimum Gasteiger partial charge on any atom is -0.548 e. The summed E-state index contributed by atoms with van der Waals surface area (Å²) in [6.45, 7) is 1.11. The first-order valence-electron chi connectivity index (χ1n) is 5.03. The SMILES string of the molecule is CN1CCN(CC(=O)[O-])c2ccc(F)cc21.[Li+]. The van der Waals surface area contributed by atoms with Crippen LogP contribution in [0.15, 0.2) is 18.2 Å². The first kappa shape index (κ1) is 13.9. The van der Waals surface area contributed by atoms with Gasteiger partial charge in [0.1, 0.15) is 5.82 Å². The topological polar surface area (TPSA) is 46.6 Å². The van der Waals surface area contributed by atoms with Crippen molar-refractivity contribution in [1.29, 1.82) is 0 Å². The average molecular weight is 230 g/mol. The summed E-state index contributed by atoms with van der Waals surface area (Å²) < 4.78 is 13.1. The largest absolute Gasteiger partial charge is 1.00 e. The van der Waals surface area contributed by atoms with Crippen LogP contribution in [0.4, 0.5) is 15.8 Å². The van der Waals surface area contributed by atoms with E-state index in [1.54, 1.807) is 11.0 Å². The van der Waals surface area contributed by atoms with Gasteiger partial charge in [-0.15, -0.1) is 0 Å². The zero-order chi connectivity index (χ0) is 11.7. The van der Waals surface area contributed by atoms with Crippen LogP contribution in [0.2, 0.25) is 0 Å². The number of halogens is 1. The van der Waals surface area contributed by atoms with Gasteiger partial charge in [-0.2, -0.15) is 0 Å². The molecule has 0 atom stereocenters. The molecule has 1 aromatic carbocycles. The van der Waals surface area contributed by atoms with Gasteiger partial charge in [0.25, 0.3) is 0 Å². The number of hydrogen-bond acceptors (Lipinski definition) is 4. The third kappa shape index (κ3) is 2.93. The number of fused-ring (bicyclic) bond motifs is 1. The Kier molecular flexibility index (Phi) is 4.44. The molecule has 0 unspecified atom stereocenters. The number of carbonyl (C=O) groups excluding carboxylic acids is 1. The van der Waals surface area contributed by atoms with Gasteiger partial charge in [-0.3, -0.25) is 0 Å². The molecule has 0 spiro atoms. The molecule has 17 heavy (non-hydrogen) atoms. The van der Waals surface area contributed by atoms with Crippen LogP contribution in [-0.2, 0) is 4.79 Å². The zero-order valence-electron chi connectivity index (χ0n) is 9.94. The van der Waals surface area contributed by atoms with E-state index in [1.165, 1.54) is 12.1 Å². The minimum atomic E-state index is -1.13. The van der Waals surface area contributed by atoms with Crippen LogP contribution in [0.1, 0.15) is 0 Å². The Morgan fingerprint density at radius 3 is 2.76 bits per heavy atom. The number of nitrogens with zero attached hydrogens (tertiary/aromatic N) is 2. The molecule has 1 aromatic rings. The number of carbonyl (C=O) groups is 1. The van der Waals surface area contributed by atoms with E-state index in [1.807, 2.05) is 11.9 Å². The van der Waals surface area contributed by atoms with Gasteiger partial charge in [-0.05, 0) is 18.2 Å². The molecule has 0 aromatic heterocycles. The number of hydrogen-bond donors (Lipinski definition) is 0. The molecule has 1 heterocycles. The summed E-state index contributed by atoms with van der Waals surface area (Å²) in [5.41, 5.74) is 1.45. The fourth-order valence-corrected chi connectivity index (χ4v) is 1.90. The maximum absolute atomic E-state index is 13.1. The third-order valence-corrected chi connectivity index (χ3v) is 2.71. The molecule has 0 saturated carbocycles. The van der Waals surface area contributed by atoms with Gasteiger partial charge in [-0.25, -0.2) is 4.39 Å². The third-order valence-electron chi connectivity index (χ3n) is 2.71. The summed E-state index contributed by atoms with van der Waals surface area (Å²) in [5.74, 6) is -1.44. The summed E-state index contributed by atoms with van der Waals surface area (Å²) in [6, 6.07) is 4.35. The summed E-state index contributed by atoms with van der Waals surface area (Å²) in [7, 11) is 1.86. The molecule has 0 amide bonds. The van der Waals surface area contributed by atoms with Crippen molar-refractivity contribution >= 4 is 17.3 Å². The second kappa shape index (κ2) is 5.43. The van der Waals surface area contributed by atoms with Gasteiger partial charge in [0.15, 0.2) is 0 Å². The van der Waals surface area contributed by atoms with Crippen molar-refractivity contribution in [3.05, 3.63) is 24.0 Å². The second-order valence-electron chi connectivity index (χ2n) is 3.85. The molecule has 0 aliphatic carbocycles. The molecule has 1 aliphatic heterocycles. The van der Waals surface area contributed by atoms with Crippen molar-refractivity contribution in [2.75, 3.05) is 36.5 Å². The number of aliphatic carboxylic acids is 1. The molecular weight excluding hydrogens is 218 g/mol. The van der Waals surface area contributed by atoms with Gasteiger partial charge >= 0.3 is 18.9 Å². The van der Waals surface area contributed by atoms with Crippen LogP contribution in [0.3, 0.4) is 0 Å². The molecule has 0 fully saturated rings. The van der Waals surface area contributed by atoms with E-state index in [4.69, 9.17) is 0 Å². The molecule has 86 valence electrons. The van der Waals surface area contributed by atoms with Crippen molar-refractivity contribution in [3.63, 3.8) is 0 Å². The van der Waals surface area contributed by atoms with E-state index in [0.717, 1.165) is 5.69 Å². The van der Waals surface area contributed by atoms with E-state index < -0.39 is 5.97 Å². The molecular formula is C11H12FLiN2O2. The Morgan fingerprint density at radius 2 is 2.12 bits per heavy atom. The molecule has 0 bridgehead atoms. The fourth-order valence-electron chi connectivity index (χ4n) is 1.90. The molecule has 0 radical (unpaired) electrons. The van der Waals surface area contributed by atoms with Crippen LogP contribution in [0.5, 0.6) is 0 Å².